The van der Waals surface area contributed by atoms with Gasteiger partial charge in [0.2, 0.25) is 0 Å². The maximum Gasteiger partial charge on any atom is 0.0518 e. The first-order valence-corrected chi connectivity index (χ1v) is 5.85. The van der Waals surface area contributed by atoms with Crippen LogP contribution in [0.15, 0.2) is 12.4 Å². The zero-order valence-corrected chi connectivity index (χ0v) is 9.98. The Balaban J connectivity index is 1.72. The molecular weight excluding hydrogens is 186 g/mol. The summed E-state index contributed by atoms with van der Waals surface area (Å²) in [6.45, 7) is 11.5. The molecule has 1 aliphatic rings. The summed E-state index contributed by atoms with van der Waals surface area (Å²) < 4.78 is 2.08. The van der Waals surface area contributed by atoms with Crippen molar-refractivity contribution in [2.45, 2.75) is 27.3 Å². The van der Waals surface area contributed by atoms with E-state index in [1.54, 1.807) is 0 Å². The zero-order chi connectivity index (χ0) is 10.8. The molecule has 1 aromatic rings. The molecule has 3 heteroatoms. The van der Waals surface area contributed by atoms with E-state index in [-0.39, 0.29) is 0 Å². The lowest BCUT2D eigenvalue weighted by molar-refractivity contribution is 0.0735. The van der Waals surface area contributed by atoms with Gasteiger partial charge in [-0.2, -0.15) is 5.10 Å². The Morgan fingerprint density at radius 1 is 1.47 bits per heavy atom. The molecule has 0 bridgehead atoms. The minimum Gasteiger partial charge on any atom is -0.302 e. The van der Waals surface area contributed by atoms with Crippen molar-refractivity contribution in [2.24, 2.45) is 11.8 Å². The third-order valence-corrected chi connectivity index (χ3v) is 2.86. The summed E-state index contributed by atoms with van der Waals surface area (Å²) in [5.74, 6) is 1.60. The predicted molar refractivity (Wildman–Crippen MR) is 61.7 cm³/mol. The number of likely N-dealkylation sites (tertiary alicyclic amines) is 1. The largest absolute Gasteiger partial charge is 0.302 e. The van der Waals surface area contributed by atoms with Crippen LogP contribution >= 0.6 is 0 Å². The van der Waals surface area contributed by atoms with Gasteiger partial charge in [0.1, 0.15) is 0 Å². The standard InChI is InChI=1S/C12H21N3/c1-10(2)5-14-7-12(8-14)9-15-6-11(3)4-13-15/h4,6,10,12H,5,7-9H2,1-3H3. The summed E-state index contributed by atoms with van der Waals surface area (Å²) in [5, 5.41) is 4.32. The Morgan fingerprint density at radius 2 is 2.20 bits per heavy atom. The first-order valence-electron chi connectivity index (χ1n) is 5.85. The molecule has 2 rings (SSSR count). The molecule has 0 amide bonds. The van der Waals surface area contributed by atoms with Crippen molar-refractivity contribution in [2.75, 3.05) is 19.6 Å². The van der Waals surface area contributed by atoms with Crippen LogP contribution in [-0.2, 0) is 6.54 Å². The minimum atomic E-state index is 0.790. The molecule has 0 atom stereocenters. The molecule has 1 fully saturated rings. The maximum atomic E-state index is 4.32. The molecule has 1 aromatic heterocycles. The van der Waals surface area contributed by atoms with Crippen LogP contribution < -0.4 is 0 Å². The Morgan fingerprint density at radius 3 is 2.73 bits per heavy atom. The quantitative estimate of drug-likeness (QED) is 0.750. The van der Waals surface area contributed by atoms with Crippen molar-refractivity contribution < 1.29 is 0 Å². The van der Waals surface area contributed by atoms with Gasteiger partial charge >= 0.3 is 0 Å². The summed E-state index contributed by atoms with van der Waals surface area (Å²) in [6, 6.07) is 0. The molecule has 0 spiro atoms. The van der Waals surface area contributed by atoms with Crippen molar-refractivity contribution in [3.05, 3.63) is 18.0 Å². The first-order chi connectivity index (χ1) is 7.13. The van der Waals surface area contributed by atoms with Crippen LogP contribution in [0.2, 0.25) is 0 Å². The normalized spacial score (nSPS) is 18.4. The van der Waals surface area contributed by atoms with Gasteiger partial charge < -0.3 is 4.90 Å². The van der Waals surface area contributed by atoms with Crippen molar-refractivity contribution in [3.63, 3.8) is 0 Å². The molecule has 3 nitrogen and oxygen atoms in total. The molecule has 84 valence electrons. The molecule has 0 aliphatic carbocycles. The zero-order valence-electron chi connectivity index (χ0n) is 9.98. The fourth-order valence-corrected chi connectivity index (χ4v) is 2.29. The lowest BCUT2D eigenvalue weighted by Gasteiger charge is -2.40. The van der Waals surface area contributed by atoms with Gasteiger partial charge in [-0.25, -0.2) is 0 Å². The molecule has 0 N–H and O–H groups in total. The predicted octanol–water partition coefficient (Wildman–Crippen LogP) is 1.78. The van der Waals surface area contributed by atoms with E-state index >= 15 is 0 Å². The number of hydrogen-bond acceptors (Lipinski definition) is 2. The SMILES string of the molecule is Cc1cnn(CC2CN(CC(C)C)C2)c1. The van der Waals surface area contributed by atoms with E-state index in [0.717, 1.165) is 18.4 Å². The second-order valence-corrected chi connectivity index (χ2v) is 5.22. The van der Waals surface area contributed by atoms with Gasteiger partial charge in [-0.05, 0) is 18.4 Å². The first kappa shape index (κ1) is 10.7. The number of rotatable bonds is 4. The molecular formula is C12H21N3. The minimum absolute atomic E-state index is 0.790. The fourth-order valence-electron chi connectivity index (χ4n) is 2.29. The number of nitrogens with zero attached hydrogens (tertiary/aromatic N) is 3. The molecule has 0 radical (unpaired) electrons. The van der Waals surface area contributed by atoms with E-state index < -0.39 is 0 Å². The molecule has 1 aliphatic heterocycles. The van der Waals surface area contributed by atoms with E-state index in [4.69, 9.17) is 0 Å². The van der Waals surface area contributed by atoms with Gasteiger partial charge in [0.25, 0.3) is 0 Å². The highest BCUT2D eigenvalue weighted by Crippen LogP contribution is 2.18. The van der Waals surface area contributed by atoms with E-state index in [9.17, 15) is 0 Å². The highest BCUT2D eigenvalue weighted by molar-refractivity contribution is 4.99. The summed E-state index contributed by atoms with van der Waals surface area (Å²) >= 11 is 0. The third-order valence-electron chi connectivity index (χ3n) is 2.86. The van der Waals surface area contributed by atoms with Crippen LogP contribution in [0.3, 0.4) is 0 Å². The number of aromatic nitrogens is 2. The molecule has 1 saturated heterocycles. The lowest BCUT2D eigenvalue weighted by Crippen LogP contribution is -2.49. The highest BCUT2D eigenvalue weighted by atomic mass is 15.3. The van der Waals surface area contributed by atoms with Gasteiger partial charge in [0.05, 0.1) is 6.20 Å². The summed E-state index contributed by atoms with van der Waals surface area (Å²) in [4.78, 5) is 2.53. The van der Waals surface area contributed by atoms with Crippen LogP contribution in [0, 0.1) is 18.8 Å². The van der Waals surface area contributed by atoms with Gasteiger partial charge in [-0.1, -0.05) is 13.8 Å². The van der Waals surface area contributed by atoms with Crippen LogP contribution in [0.4, 0.5) is 0 Å². The number of hydrogen-bond donors (Lipinski definition) is 0. The second-order valence-electron chi connectivity index (χ2n) is 5.22. The average Bonchev–Trinajstić information content (AvgIpc) is 2.47. The van der Waals surface area contributed by atoms with Gasteiger partial charge in [-0.15, -0.1) is 0 Å². The summed E-state index contributed by atoms with van der Waals surface area (Å²) in [5.41, 5.74) is 1.26. The van der Waals surface area contributed by atoms with Crippen molar-refractivity contribution in [1.82, 2.24) is 14.7 Å². The summed E-state index contributed by atoms with van der Waals surface area (Å²) in [6.07, 6.45) is 4.07. The monoisotopic (exact) mass is 207 g/mol. The molecule has 2 heterocycles. The Bertz CT molecular complexity index is 310. The topological polar surface area (TPSA) is 21.1 Å². The average molecular weight is 207 g/mol. The van der Waals surface area contributed by atoms with Gasteiger partial charge in [0.15, 0.2) is 0 Å². The van der Waals surface area contributed by atoms with E-state index in [0.29, 0.717) is 0 Å². The van der Waals surface area contributed by atoms with Crippen molar-refractivity contribution in [3.8, 4) is 0 Å². The lowest BCUT2D eigenvalue weighted by atomic mass is 9.99. The second kappa shape index (κ2) is 4.35. The Hall–Kier alpha value is -0.830. The Kier molecular flexibility index (Phi) is 3.10. The molecule has 0 unspecified atom stereocenters. The molecule has 0 aromatic carbocycles. The third kappa shape index (κ3) is 2.81. The van der Waals surface area contributed by atoms with E-state index in [1.807, 2.05) is 6.20 Å². The van der Waals surface area contributed by atoms with Crippen LogP contribution in [-0.4, -0.2) is 34.3 Å². The fraction of sp³-hybridized carbons (Fsp3) is 0.750. The van der Waals surface area contributed by atoms with Gasteiger partial charge in [-0.3, -0.25) is 4.68 Å². The van der Waals surface area contributed by atoms with Crippen LogP contribution in [0.5, 0.6) is 0 Å². The van der Waals surface area contributed by atoms with Crippen molar-refractivity contribution >= 4 is 0 Å². The summed E-state index contributed by atoms with van der Waals surface area (Å²) in [7, 11) is 0. The van der Waals surface area contributed by atoms with Gasteiger partial charge in [0, 0.05) is 38.3 Å². The van der Waals surface area contributed by atoms with E-state index in [1.165, 1.54) is 25.2 Å². The Labute approximate surface area is 92.1 Å². The van der Waals surface area contributed by atoms with Crippen LogP contribution in [0.25, 0.3) is 0 Å². The van der Waals surface area contributed by atoms with Crippen LogP contribution in [0.1, 0.15) is 19.4 Å². The smallest absolute Gasteiger partial charge is 0.0518 e. The highest BCUT2D eigenvalue weighted by Gasteiger charge is 2.27. The van der Waals surface area contributed by atoms with Crippen molar-refractivity contribution in [1.29, 1.82) is 0 Å². The molecule has 0 saturated carbocycles. The van der Waals surface area contributed by atoms with E-state index in [2.05, 4.69) is 41.6 Å². The maximum absolute atomic E-state index is 4.32. The number of aryl methyl sites for hydroxylation is 1. The molecule has 15 heavy (non-hydrogen) atoms.